The van der Waals surface area contributed by atoms with Crippen LogP contribution in [0.2, 0.25) is 0 Å². The Bertz CT molecular complexity index is 501. The maximum atomic E-state index is 13.0. The topological polar surface area (TPSA) is 34.6 Å². The van der Waals surface area contributed by atoms with Gasteiger partial charge in [0.2, 0.25) is 0 Å². The van der Waals surface area contributed by atoms with Crippen molar-refractivity contribution in [1.82, 2.24) is 9.88 Å². The molecule has 1 spiro atoms. The predicted octanol–water partition coefficient (Wildman–Crippen LogP) is 2.44. The third-order valence-corrected chi connectivity index (χ3v) is 3.88. The molecule has 0 bridgehead atoms. The zero-order chi connectivity index (χ0) is 14.9. The molecule has 0 atom stereocenters. The second-order valence-electron chi connectivity index (χ2n) is 5.42. The van der Waals surface area contributed by atoms with Gasteiger partial charge < -0.3 is 9.47 Å². The number of likely N-dealkylation sites (tertiary alicyclic amines) is 1. The molecule has 116 valence electrons. The Labute approximate surface area is 120 Å². The first-order valence-electron chi connectivity index (χ1n) is 7.00. The number of hydrogen-bond donors (Lipinski definition) is 0. The Balaban J connectivity index is 1.75. The highest BCUT2D eigenvalue weighted by molar-refractivity contribution is 5.23. The van der Waals surface area contributed by atoms with Crippen LogP contribution in [-0.2, 0) is 22.2 Å². The summed E-state index contributed by atoms with van der Waals surface area (Å²) in [6, 6.07) is 2.39. The van der Waals surface area contributed by atoms with Crippen LogP contribution in [-0.4, -0.2) is 42.0 Å². The van der Waals surface area contributed by atoms with E-state index in [0.29, 0.717) is 19.8 Å². The van der Waals surface area contributed by atoms with Gasteiger partial charge in [-0.15, -0.1) is 0 Å². The number of aromatic nitrogens is 1. The van der Waals surface area contributed by atoms with Crippen LogP contribution in [0.25, 0.3) is 0 Å². The summed E-state index contributed by atoms with van der Waals surface area (Å²) in [5.74, 6) is -0.634. The molecule has 21 heavy (non-hydrogen) atoms. The van der Waals surface area contributed by atoms with Crippen LogP contribution in [0.4, 0.5) is 13.2 Å². The van der Waals surface area contributed by atoms with Crippen molar-refractivity contribution < 1.29 is 22.6 Å². The number of rotatable bonds is 2. The van der Waals surface area contributed by atoms with Crippen molar-refractivity contribution in [2.45, 2.75) is 31.3 Å². The Kier molecular flexibility index (Phi) is 3.90. The molecular weight excluding hydrogens is 285 g/mol. The highest BCUT2D eigenvalue weighted by Crippen LogP contribution is 2.34. The highest BCUT2D eigenvalue weighted by atomic mass is 19.4. The molecule has 0 unspecified atom stereocenters. The van der Waals surface area contributed by atoms with Gasteiger partial charge in [-0.2, -0.15) is 13.2 Å². The second kappa shape index (κ2) is 5.55. The van der Waals surface area contributed by atoms with Crippen molar-refractivity contribution in [3.8, 4) is 0 Å². The van der Waals surface area contributed by atoms with Gasteiger partial charge in [0.15, 0.2) is 5.79 Å². The van der Waals surface area contributed by atoms with Crippen molar-refractivity contribution in [3.05, 3.63) is 29.6 Å². The van der Waals surface area contributed by atoms with E-state index < -0.39 is 17.5 Å². The Hall–Kier alpha value is -1.18. The summed E-state index contributed by atoms with van der Waals surface area (Å²) < 4.78 is 50.2. The van der Waals surface area contributed by atoms with Gasteiger partial charge in [-0.05, 0) is 25.1 Å². The van der Waals surface area contributed by atoms with Crippen molar-refractivity contribution in [2.75, 3.05) is 26.3 Å². The zero-order valence-electron chi connectivity index (χ0n) is 11.5. The maximum absolute atomic E-state index is 13.0. The fourth-order valence-electron chi connectivity index (χ4n) is 2.97. The molecule has 1 aromatic heterocycles. The summed E-state index contributed by atoms with van der Waals surface area (Å²) in [6.07, 6.45) is -1.35. The van der Waals surface area contributed by atoms with E-state index in [4.69, 9.17) is 9.47 Å². The lowest BCUT2D eigenvalue weighted by Crippen LogP contribution is -2.48. The standard InChI is InChI=1S/C14H17F3N2O2/c15-14(16,17)11-3-1-5-18-12(11)9-19-6-2-4-13(10-19)20-7-8-21-13/h1,3,5H,2,4,6-10H2. The number of ether oxygens (including phenoxy) is 2. The molecule has 0 radical (unpaired) electrons. The zero-order valence-corrected chi connectivity index (χ0v) is 11.5. The molecular formula is C14H17F3N2O2. The van der Waals surface area contributed by atoms with Gasteiger partial charge in [-0.1, -0.05) is 0 Å². The minimum atomic E-state index is -4.38. The lowest BCUT2D eigenvalue weighted by atomic mass is 10.0. The molecule has 0 saturated carbocycles. The van der Waals surface area contributed by atoms with Crippen molar-refractivity contribution in [3.63, 3.8) is 0 Å². The SMILES string of the molecule is FC(F)(F)c1cccnc1CN1CCCC2(C1)OCCO2. The van der Waals surface area contributed by atoms with Gasteiger partial charge in [0.05, 0.1) is 31.0 Å². The average Bonchev–Trinajstić information content (AvgIpc) is 2.86. The molecule has 4 nitrogen and oxygen atoms in total. The Morgan fingerprint density at radius 2 is 2.05 bits per heavy atom. The van der Waals surface area contributed by atoms with Crippen LogP contribution in [0.3, 0.4) is 0 Å². The van der Waals surface area contributed by atoms with Gasteiger partial charge in [0.25, 0.3) is 0 Å². The molecule has 1 aromatic rings. The van der Waals surface area contributed by atoms with E-state index in [-0.39, 0.29) is 12.2 Å². The van der Waals surface area contributed by atoms with Crippen LogP contribution in [0.15, 0.2) is 18.3 Å². The molecule has 2 fully saturated rings. The number of hydrogen-bond acceptors (Lipinski definition) is 4. The second-order valence-corrected chi connectivity index (χ2v) is 5.42. The average molecular weight is 302 g/mol. The van der Waals surface area contributed by atoms with Gasteiger partial charge in [-0.25, -0.2) is 0 Å². The van der Waals surface area contributed by atoms with E-state index in [2.05, 4.69) is 4.98 Å². The first-order valence-corrected chi connectivity index (χ1v) is 7.00. The van der Waals surface area contributed by atoms with E-state index in [1.165, 1.54) is 12.3 Å². The third-order valence-electron chi connectivity index (χ3n) is 3.88. The molecule has 2 saturated heterocycles. The quantitative estimate of drug-likeness (QED) is 0.840. The van der Waals surface area contributed by atoms with Gasteiger partial charge in [-0.3, -0.25) is 9.88 Å². The minimum absolute atomic E-state index is 0.0556. The van der Waals surface area contributed by atoms with Crippen LogP contribution in [0, 0.1) is 0 Å². The first kappa shape index (κ1) is 14.7. The summed E-state index contributed by atoms with van der Waals surface area (Å²) in [7, 11) is 0. The van der Waals surface area contributed by atoms with Gasteiger partial charge in [0, 0.05) is 19.2 Å². The number of halogens is 3. The molecule has 2 aliphatic rings. The summed E-state index contributed by atoms with van der Waals surface area (Å²) in [5.41, 5.74) is -0.613. The van der Waals surface area contributed by atoms with Crippen LogP contribution in [0.1, 0.15) is 24.1 Å². The molecule has 0 aliphatic carbocycles. The predicted molar refractivity (Wildman–Crippen MR) is 68.4 cm³/mol. The van der Waals surface area contributed by atoms with E-state index in [1.807, 2.05) is 4.90 Å². The molecule has 0 aromatic carbocycles. The summed E-state index contributed by atoms with van der Waals surface area (Å²) >= 11 is 0. The lowest BCUT2D eigenvalue weighted by Gasteiger charge is -2.38. The number of piperidine rings is 1. The van der Waals surface area contributed by atoms with Crippen molar-refractivity contribution >= 4 is 0 Å². The third kappa shape index (κ3) is 3.20. The van der Waals surface area contributed by atoms with Gasteiger partial charge in [0.1, 0.15) is 0 Å². The van der Waals surface area contributed by atoms with Crippen LogP contribution in [0.5, 0.6) is 0 Å². The smallest absolute Gasteiger partial charge is 0.346 e. The molecule has 0 N–H and O–H groups in total. The molecule has 3 rings (SSSR count). The fraction of sp³-hybridized carbons (Fsp3) is 0.643. The summed E-state index contributed by atoms with van der Waals surface area (Å²) in [6.45, 7) is 2.46. The monoisotopic (exact) mass is 302 g/mol. The molecule has 2 aliphatic heterocycles. The normalized spacial score (nSPS) is 22.8. The van der Waals surface area contributed by atoms with Crippen molar-refractivity contribution in [1.29, 1.82) is 0 Å². The van der Waals surface area contributed by atoms with E-state index in [9.17, 15) is 13.2 Å². The maximum Gasteiger partial charge on any atom is 0.418 e. The van der Waals surface area contributed by atoms with E-state index in [1.54, 1.807) is 0 Å². The molecule has 3 heterocycles. The molecule has 7 heteroatoms. The largest absolute Gasteiger partial charge is 0.418 e. The van der Waals surface area contributed by atoms with Gasteiger partial charge >= 0.3 is 6.18 Å². The number of pyridine rings is 1. The summed E-state index contributed by atoms with van der Waals surface area (Å²) in [5, 5.41) is 0. The van der Waals surface area contributed by atoms with Crippen LogP contribution >= 0.6 is 0 Å². The Morgan fingerprint density at radius 3 is 2.76 bits per heavy atom. The van der Waals surface area contributed by atoms with Crippen LogP contribution < -0.4 is 0 Å². The van der Waals surface area contributed by atoms with Crippen molar-refractivity contribution in [2.24, 2.45) is 0 Å². The molecule has 0 amide bonds. The van der Waals surface area contributed by atoms with E-state index in [0.717, 1.165) is 25.5 Å². The first-order chi connectivity index (χ1) is 9.99. The Morgan fingerprint density at radius 1 is 1.29 bits per heavy atom. The lowest BCUT2D eigenvalue weighted by molar-refractivity contribution is -0.190. The fourth-order valence-corrected chi connectivity index (χ4v) is 2.97. The highest BCUT2D eigenvalue weighted by Gasteiger charge is 2.41. The summed E-state index contributed by atoms with van der Waals surface area (Å²) in [4.78, 5) is 5.83. The number of nitrogens with zero attached hydrogens (tertiary/aromatic N) is 2. The minimum Gasteiger partial charge on any atom is -0.346 e. The number of alkyl halides is 3. The van der Waals surface area contributed by atoms with E-state index >= 15 is 0 Å².